The lowest BCUT2D eigenvalue weighted by atomic mass is 9.96. The van der Waals surface area contributed by atoms with Gasteiger partial charge in [-0.15, -0.1) is 0 Å². The van der Waals surface area contributed by atoms with E-state index in [2.05, 4.69) is 9.71 Å². The van der Waals surface area contributed by atoms with Crippen LogP contribution in [0.25, 0.3) is 0 Å². The van der Waals surface area contributed by atoms with Crippen LogP contribution >= 0.6 is 17.3 Å². The minimum atomic E-state index is -3.26. The molecule has 6 atom stereocenters. The number of esters is 1. The van der Waals surface area contributed by atoms with Gasteiger partial charge in [-0.25, -0.2) is 9.52 Å². The smallest absolute Gasteiger partial charge is 0.330 e. The number of aliphatic hydroxyl groups is 2. The molecule has 12 nitrogen and oxygen atoms in total. The first-order valence-corrected chi connectivity index (χ1v) is 15.4. The number of rotatable bonds is 11. The third-order valence-electron chi connectivity index (χ3n) is 5.26. The van der Waals surface area contributed by atoms with Crippen LogP contribution in [0.1, 0.15) is 33.9 Å². The van der Waals surface area contributed by atoms with E-state index < -0.39 is 53.0 Å². The van der Waals surface area contributed by atoms with Crippen molar-refractivity contribution in [3.63, 3.8) is 0 Å². The summed E-state index contributed by atoms with van der Waals surface area (Å²) in [5, 5.41) is 21.7. The van der Waals surface area contributed by atoms with Crippen LogP contribution < -0.4 is 20.5 Å². The predicted octanol–water partition coefficient (Wildman–Crippen LogP) is 1.44. The quantitative estimate of drug-likeness (QED) is 0.174. The summed E-state index contributed by atoms with van der Waals surface area (Å²) in [6.07, 6.45) is -3.03. The first kappa shape index (κ1) is 29.5. The van der Waals surface area contributed by atoms with Crippen molar-refractivity contribution in [3.8, 4) is 5.75 Å². The molecule has 0 radical (unpaired) electrons. The summed E-state index contributed by atoms with van der Waals surface area (Å²) in [4.78, 5) is 37.9. The first-order valence-electron chi connectivity index (χ1n) is 11.3. The molecule has 0 aliphatic carbocycles. The minimum absolute atomic E-state index is 0.293. The zero-order valence-corrected chi connectivity index (χ0v) is 23.1. The molecule has 6 unspecified atom stereocenters. The molecule has 204 valence electrons. The Morgan fingerprint density at radius 2 is 1.97 bits per heavy atom. The van der Waals surface area contributed by atoms with Crippen molar-refractivity contribution in [2.24, 2.45) is 0 Å². The van der Waals surface area contributed by atoms with Gasteiger partial charge in [0.2, 0.25) is 0 Å². The molecule has 0 bridgehead atoms. The molecule has 0 amide bonds. The van der Waals surface area contributed by atoms with Crippen molar-refractivity contribution >= 4 is 35.0 Å². The van der Waals surface area contributed by atoms with Crippen molar-refractivity contribution in [1.29, 1.82) is 0 Å². The third-order valence-corrected chi connectivity index (χ3v) is 9.58. The highest BCUT2D eigenvalue weighted by atomic mass is 32.9. The number of aromatic nitrogens is 2. The van der Waals surface area contributed by atoms with Crippen LogP contribution in [0.5, 0.6) is 5.75 Å². The lowest BCUT2D eigenvalue weighted by Crippen LogP contribution is -2.46. The van der Waals surface area contributed by atoms with E-state index in [0.29, 0.717) is 5.75 Å². The van der Waals surface area contributed by atoms with Gasteiger partial charge in [0.25, 0.3) is 5.56 Å². The minimum Gasteiger partial charge on any atom is -0.462 e. The molecule has 0 saturated carbocycles. The Morgan fingerprint density at radius 3 is 2.59 bits per heavy atom. The molecule has 1 saturated heterocycles. The highest BCUT2D eigenvalue weighted by Crippen LogP contribution is 2.59. The van der Waals surface area contributed by atoms with E-state index in [1.54, 1.807) is 51.1 Å². The van der Waals surface area contributed by atoms with E-state index >= 15 is 0 Å². The number of nitrogens with one attached hydrogen (secondary N) is 2. The van der Waals surface area contributed by atoms with Crippen LogP contribution in [0.3, 0.4) is 0 Å². The van der Waals surface area contributed by atoms with E-state index in [1.807, 2.05) is 0 Å². The highest BCUT2D eigenvalue weighted by Gasteiger charge is 2.53. The largest absolute Gasteiger partial charge is 0.462 e. The lowest BCUT2D eigenvalue weighted by molar-refractivity contribution is -0.148. The van der Waals surface area contributed by atoms with Crippen LogP contribution in [-0.4, -0.2) is 62.3 Å². The van der Waals surface area contributed by atoms with Crippen LogP contribution in [0.2, 0.25) is 0 Å². The van der Waals surface area contributed by atoms with Crippen LogP contribution in [0.15, 0.2) is 52.2 Å². The Hall–Kier alpha value is -2.03. The van der Waals surface area contributed by atoms with Crippen molar-refractivity contribution < 1.29 is 33.5 Å². The van der Waals surface area contributed by atoms with Crippen molar-refractivity contribution in [3.05, 3.63) is 63.4 Å². The third kappa shape index (κ3) is 7.52. The number of aliphatic hydroxyl groups excluding tert-OH is 1. The average Bonchev–Trinajstić information content (AvgIpc) is 3.05. The monoisotopic (exact) mass is 575 g/mol. The summed E-state index contributed by atoms with van der Waals surface area (Å²) in [5.74, 6) is -0.0568. The Morgan fingerprint density at radius 1 is 1.30 bits per heavy atom. The van der Waals surface area contributed by atoms with E-state index in [1.165, 1.54) is 6.92 Å². The van der Waals surface area contributed by atoms with Crippen molar-refractivity contribution in [2.75, 3.05) is 6.61 Å². The fourth-order valence-electron chi connectivity index (χ4n) is 3.36. The molecule has 0 spiro atoms. The normalized spacial score (nSPS) is 26.0. The van der Waals surface area contributed by atoms with Crippen molar-refractivity contribution in [1.82, 2.24) is 14.3 Å². The van der Waals surface area contributed by atoms with Gasteiger partial charge >= 0.3 is 17.4 Å². The zero-order chi connectivity index (χ0) is 27.4. The van der Waals surface area contributed by atoms with E-state index in [0.717, 1.165) is 28.4 Å². The van der Waals surface area contributed by atoms with E-state index in [-0.39, 0.29) is 12.7 Å². The van der Waals surface area contributed by atoms with Gasteiger partial charge in [0, 0.05) is 23.8 Å². The molecule has 4 N–H and O–H groups in total. The fraction of sp³-hybridized carbons (Fsp3) is 0.500. The van der Waals surface area contributed by atoms with Gasteiger partial charge in [-0.3, -0.25) is 19.1 Å². The number of ether oxygens (including phenoxy) is 2. The zero-order valence-electron chi connectivity index (χ0n) is 20.6. The molecular formula is C22H30N3O9PS2. The maximum atomic E-state index is 12.2. The average molecular weight is 576 g/mol. The molecule has 2 aromatic rings. The topological polar surface area (TPSA) is 161 Å². The standard InChI is InChI=1S/C22H30N3O9PS2/c1-13(2)32-19(28)14(3)24-37-35(36,34-15-8-6-5-7-9-15)31-12-16-18(27)22(4,30)20(33-16)25-11-10-17(26)23-21(25)29/h5-11,13-14,16,18,20,24,27,30H,12H2,1-4H3,(H,23,26,29). The van der Waals surface area contributed by atoms with E-state index in [4.69, 9.17) is 30.3 Å². The van der Waals surface area contributed by atoms with Gasteiger partial charge in [-0.1, -0.05) is 18.2 Å². The Bertz CT molecular complexity index is 1240. The number of aromatic amines is 1. The molecule has 2 heterocycles. The summed E-state index contributed by atoms with van der Waals surface area (Å²) < 4.78 is 26.7. The Labute approximate surface area is 222 Å². The summed E-state index contributed by atoms with van der Waals surface area (Å²) in [6, 6.07) is 9.04. The van der Waals surface area contributed by atoms with Gasteiger partial charge in [0.1, 0.15) is 29.6 Å². The fourth-order valence-corrected chi connectivity index (χ4v) is 7.00. The van der Waals surface area contributed by atoms with Gasteiger partial charge in [-0.2, -0.15) is 0 Å². The maximum Gasteiger partial charge on any atom is 0.330 e. The van der Waals surface area contributed by atoms with Crippen LogP contribution in [0.4, 0.5) is 0 Å². The van der Waals surface area contributed by atoms with E-state index in [9.17, 15) is 24.6 Å². The number of nitrogens with zero attached hydrogens (tertiary/aromatic N) is 1. The van der Waals surface area contributed by atoms with Crippen molar-refractivity contribution in [2.45, 2.75) is 63.9 Å². The van der Waals surface area contributed by atoms with Crippen LogP contribution in [-0.2, 0) is 30.6 Å². The second-order valence-corrected chi connectivity index (χ2v) is 14.7. The Balaban J connectivity index is 1.76. The molecule has 3 rings (SSSR count). The molecule has 1 aromatic carbocycles. The molecule has 1 aliphatic heterocycles. The number of para-hydroxylation sites is 1. The number of hydrogen-bond acceptors (Lipinski definition) is 12. The summed E-state index contributed by atoms with van der Waals surface area (Å²) in [6.45, 7) is 6.07. The predicted molar refractivity (Wildman–Crippen MR) is 141 cm³/mol. The molecule has 1 fully saturated rings. The molecule has 1 aromatic heterocycles. The SMILES string of the molecule is CC(C)OC(=O)C(C)NSP(=S)(OCC1OC(n2ccc(=O)[nH]c2=O)C(C)(O)C1O)Oc1ccccc1. The van der Waals surface area contributed by atoms with Crippen LogP contribution in [0, 0.1) is 0 Å². The van der Waals surface area contributed by atoms with Gasteiger partial charge in [0.15, 0.2) is 6.23 Å². The number of benzene rings is 1. The second kappa shape index (κ2) is 12.2. The second-order valence-electron chi connectivity index (χ2n) is 8.78. The number of hydrogen-bond donors (Lipinski definition) is 4. The van der Waals surface area contributed by atoms with Gasteiger partial charge < -0.3 is 28.7 Å². The molecule has 37 heavy (non-hydrogen) atoms. The first-order chi connectivity index (χ1) is 17.3. The highest BCUT2D eigenvalue weighted by molar-refractivity contribution is 8.67. The number of carbonyl (C=O) groups is 1. The number of carbonyl (C=O) groups excluding carboxylic acids is 1. The number of H-pyrrole nitrogens is 1. The summed E-state index contributed by atoms with van der Waals surface area (Å²) in [5.41, 5.74) is -6.59. The van der Waals surface area contributed by atoms with Gasteiger partial charge in [-0.05, 0) is 51.6 Å². The van der Waals surface area contributed by atoms with Gasteiger partial charge in [0.05, 0.1) is 12.7 Å². The molecule has 1 aliphatic rings. The maximum absolute atomic E-state index is 12.2. The summed E-state index contributed by atoms with van der Waals surface area (Å²) in [7, 11) is 0. The lowest BCUT2D eigenvalue weighted by Gasteiger charge is -2.27. The molecular weight excluding hydrogens is 545 g/mol. The summed E-state index contributed by atoms with van der Waals surface area (Å²) >= 11 is 6.59. The Kier molecular flexibility index (Phi) is 9.75. The molecule has 15 heteroatoms.